The SMILES string of the molecule is c1ccc(-c2nc(-c3ccccc3)nc(-c3cccc4c3oc3cc(-c5ccc6c(c5)c5ccccc5n6-c5ccccc5)ccc34)n2)cc1.c1ccc(-c2nc(-c3ccccc3)nc(-c3cccc4c3sc3cc(-c5ccc6c(c5)c5ccccc5n6-c5ccccc5)ccc34)n2)cc1. The number of furan rings is 1. The van der Waals surface area contributed by atoms with Crippen molar-refractivity contribution in [3.8, 4) is 102 Å². The van der Waals surface area contributed by atoms with Gasteiger partial charge in [-0.25, -0.2) is 29.9 Å². The molecule has 9 nitrogen and oxygen atoms in total. The molecule has 0 unspecified atom stereocenters. The van der Waals surface area contributed by atoms with Crippen LogP contribution < -0.4 is 0 Å². The molecular weight excluding hydrogens is 1240 g/mol. The van der Waals surface area contributed by atoms with Gasteiger partial charge in [-0.1, -0.05) is 249 Å². The van der Waals surface area contributed by atoms with Crippen molar-refractivity contribution in [1.82, 2.24) is 39.0 Å². The number of hydrogen-bond acceptors (Lipinski definition) is 8. The molecule has 20 rings (SSSR count). The zero-order valence-corrected chi connectivity index (χ0v) is 54.5. The summed E-state index contributed by atoms with van der Waals surface area (Å²) < 4.78 is 13.8. The number of para-hydroxylation sites is 5. The fourth-order valence-electron chi connectivity index (χ4n) is 14.2. The van der Waals surface area contributed by atoms with E-state index >= 15 is 0 Å². The third-order valence-electron chi connectivity index (χ3n) is 18.9. The third-order valence-corrected chi connectivity index (χ3v) is 20.1. The highest BCUT2D eigenvalue weighted by Crippen LogP contribution is 2.44. The number of benzene rings is 14. The molecule has 14 aromatic carbocycles. The monoisotopic (exact) mass is 1300 g/mol. The highest BCUT2D eigenvalue weighted by molar-refractivity contribution is 7.26. The van der Waals surface area contributed by atoms with E-state index in [4.69, 9.17) is 34.3 Å². The van der Waals surface area contributed by atoms with E-state index in [9.17, 15) is 0 Å². The predicted octanol–water partition coefficient (Wildman–Crippen LogP) is 23.5. The molecule has 6 aromatic heterocycles. The average Bonchev–Trinajstić information content (AvgIpc) is 1.60. The van der Waals surface area contributed by atoms with Crippen LogP contribution >= 0.6 is 11.3 Å². The summed E-state index contributed by atoms with van der Waals surface area (Å²) in [7, 11) is 0. The van der Waals surface area contributed by atoms with Crippen LogP contribution in [0.15, 0.2) is 344 Å². The Morgan fingerprint density at radius 3 is 1.08 bits per heavy atom. The second-order valence-corrected chi connectivity index (χ2v) is 26.0. The molecule has 0 saturated carbocycles. The van der Waals surface area contributed by atoms with Crippen molar-refractivity contribution < 1.29 is 4.42 Å². The van der Waals surface area contributed by atoms with Crippen molar-refractivity contribution in [2.45, 2.75) is 0 Å². The molecule has 468 valence electrons. The Hall–Kier alpha value is -13.3. The topological polar surface area (TPSA) is 100 Å². The van der Waals surface area contributed by atoms with Gasteiger partial charge < -0.3 is 13.6 Å². The maximum absolute atomic E-state index is 6.71. The van der Waals surface area contributed by atoms with Crippen LogP contribution in [0.2, 0.25) is 0 Å². The minimum absolute atomic E-state index is 0.572. The largest absolute Gasteiger partial charge is 0.455 e. The Balaban J connectivity index is 0.000000139. The second kappa shape index (κ2) is 24.4. The molecule has 0 amide bonds. The van der Waals surface area contributed by atoms with Gasteiger partial charge in [-0.05, 0) is 113 Å². The molecule has 6 heterocycles. The molecule has 100 heavy (non-hydrogen) atoms. The molecule has 0 bridgehead atoms. The quantitative estimate of drug-likeness (QED) is 0.134. The lowest BCUT2D eigenvalue weighted by atomic mass is 10.0. The first-order valence-electron chi connectivity index (χ1n) is 33.4. The summed E-state index contributed by atoms with van der Waals surface area (Å²) in [5.41, 5.74) is 18.9. The van der Waals surface area contributed by atoms with Crippen molar-refractivity contribution in [3.05, 3.63) is 340 Å². The summed E-state index contributed by atoms with van der Waals surface area (Å²) in [6.45, 7) is 0. The van der Waals surface area contributed by atoms with Crippen molar-refractivity contribution in [2.24, 2.45) is 0 Å². The van der Waals surface area contributed by atoms with E-state index in [1.165, 1.54) is 80.6 Å². The molecule has 0 aliphatic rings. The molecule has 0 spiro atoms. The van der Waals surface area contributed by atoms with Gasteiger partial charge in [0.1, 0.15) is 11.2 Å². The van der Waals surface area contributed by atoms with Gasteiger partial charge in [0.05, 0.1) is 27.6 Å². The van der Waals surface area contributed by atoms with Crippen molar-refractivity contribution >= 4 is 97.1 Å². The van der Waals surface area contributed by atoms with Gasteiger partial charge in [-0.15, -0.1) is 11.3 Å². The molecule has 20 aromatic rings. The van der Waals surface area contributed by atoms with Crippen LogP contribution in [0.4, 0.5) is 0 Å². The zero-order valence-electron chi connectivity index (χ0n) is 53.7. The molecule has 0 aliphatic carbocycles. The van der Waals surface area contributed by atoms with E-state index in [0.717, 1.165) is 72.1 Å². The summed E-state index contributed by atoms with van der Waals surface area (Å²) in [5.74, 6) is 3.82. The van der Waals surface area contributed by atoms with Gasteiger partial charge in [-0.3, -0.25) is 0 Å². The van der Waals surface area contributed by atoms with Crippen LogP contribution in [-0.4, -0.2) is 39.0 Å². The van der Waals surface area contributed by atoms with Crippen LogP contribution in [0.5, 0.6) is 0 Å². The third kappa shape index (κ3) is 10.2. The molecule has 0 aliphatic heterocycles. The smallest absolute Gasteiger partial charge is 0.167 e. The van der Waals surface area contributed by atoms with E-state index in [0.29, 0.717) is 34.9 Å². The van der Waals surface area contributed by atoms with Gasteiger partial charge in [-0.2, -0.15) is 0 Å². The van der Waals surface area contributed by atoms with Crippen LogP contribution in [-0.2, 0) is 0 Å². The zero-order chi connectivity index (χ0) is 66.0. The normalized spacial score (nSPS) is 11.6. The summed E-state index contributed by atoms with van der Waals surface area (Å²) >= 11 is 1.80. The first-order chi connectivity index (χ1) is 49.6. The number of hydrogen-bond donors (Lipinski definition) is 0. The van der Waals surface area contributed by atoms with E-state index < -0.39 is 0 Å². The lowest BCUT2D eigenvalue weighted by molar-refractivity contribution is 0.669. The van der Waals surface area contributed by atoms with Gasteiger partial charge in [0.25, 0.3) is 0 Å². The second-order valence-electron chi connectivity index (χ2n) is 24.9. The Bertz CT molecular complexity index is 6000. The number of fused-ring (bicyclic) bond motifs is 12. The molecule has 10 heteroatoms. The first-order valence-corrected chi connectivity index (χ1v) is 34.2. The van der Waals surface area contributed by atoms with E-state index in [1.54, 1.807) is 11.3 Å². The van der Waals surface area contributed by atoms with Crippen molar-refractivity contribution in [3.63, 3.8) is 0 Å². The van der Waals surface area contributed by atoms with Crippen LogP contribution in [0, 0.1) is 0 Å². The van der Waals surface area contributed by atoms with E-state index in [-0.39, 0.29) is 0 Å². The summed E-state index contributed by atoms with van der Waals surface area (Å²) in [5, 5.41) is 9.46. The minimum atomic E-state index is 0.572. The number of aromatic nitrogens is 8. The number of nitrogens with zero attached hydrogens (tertiary/aromatic N) is 8. The lowest BCUT2D eigenvalue weighted by Crippen LogP contribution is -2.00. The molecule has 0 N–H and O–H groups in total. The maximum atomic E-state index is 6.71. The van der Waals surface area contributed by atoms with Crippen LogP contribution in [0.3, 0.4) is 0 Å². The maximum Gasteiger partial charge on any atom is 0.167 e. The fourth-order valence-corrected chi connectivity index (χ4v) is 15.4. The molecule has 0 saturated heterocycles. The fraction of sp³-hybridized carbons (Fsp3) is 0. The van der Waals surface area contributed by atoms with Gasteiger partial charge >= 0.3 is 0 Å². The van der Waals surface area contributed by atoms with Gasteiger partial charge in [0.2, 0.25) is 0 Å². The summed E-state index contributed by atoms with van der Waals surface area (Å²) in [4.78, 5) is 29.8. The average molecular weight is 1300 g/mol. The number of thiophene rings is 1. The van der Waals surface area contributed by atoms with Gasteiger partial charge in [0.15, 0.2) is 34.9 Å². The van der Waals surface area contributed by atoms with Gasteiger partial charge in [0, 0.05) is 91.7 Å². The molecule has 0 radical (unpaired) electrons. The van der Waals surface area contributed by atoms with Crippen molar-refractivity contribution in [2.75, 3.05) is 0 Å². The van der Waals surface area contributed by atoms with Crippen molar-refractivity contribution in [1.29, 1.82) is 0 Å². The highest BCUT2D eigenvalue weighted by atomic mass is 32.1. The standard InChI is InChI=1S/C45H28N4O.C45H28N4S/c2*1-4-13-29(14-5-1)43-46-44(30-15-6-2-7-16-30)48-45(47-43)37-21-12-20-36-35-25-23-32(28-41(35)50-42(36)37)31-24-26-40-38(27-31)34-19-10-11-22-39(34)49(40)33-17-8-3-9-18-33/h2*1-28H. The lowest BCUT2D eigenvalue weighted by Gasteiger charge is -2.09. The Morgan fingerprint density at radius 2 is 0.590 bits per heavy atom. The Kier molecular flexibility index (Phi) is 14.2. The minimum Gasteiger partial charge on any atom is -0.455 e. The molecule has 0 atom stereocenters. The summed E-state index contributed by atoms with van der Waals surface area (Å²) in [6, 6.07) is 118. The Labute approximate surface area is 578 Å². The highest BCUT2D eigenvalue weighted by Gasteiger charge is 2.22. The Morgan fingerprint density at radius 1 is 0.230 bits per heavy atom. The van der Waals surface area contributed by atoms with Crippen LogP contribution in [0.25, 0.3) is 188 Å². The predicted molar refractivity (Wildman–Crippen MR) is 412 cm³/mol. The van der Waals surface area contributed by atoms with E-state index in [1.807, 2.05) is 133 Å². The van der Waals surface area contributed by atoms with E-state index in [2.05, 4.69) is 215 Å². The van der Waals surface area contributed by atoms with Crippen LogP contribution in [0.1, 0.15) is 0 Å². The molecular formula is C90H56N8OS. The number of rotatable bonds is 10. The summed E-state index contributed by atoms with van der Waals surface area (Å²) in [6.07, 6.45) is 0. The first kappa shape index (κ1) is 58.1. The molecule has 0 fully saturated rings.